The summed E-state index contributed by atoms with van der Waals surface area (Å²) in [6.45, 7) is 1.05. The van der Waals surface area contributed by atoms with Crippen LogP contribution < -0.4 is 4.72 Å². The fourth-order valence-electron chi connectivity index (χ4n) is 1.26. The van der Waals surface area contributed by atoms with Crippen LogP contribution in [0.15, 0.2) is 17.0 Å². The second-order valence-corrected chi connectivity index (χ2v) is 5.87. The summed E-state index contributed by atoms with van der Waals surface area (Å²) >= 11 is 0. The average Bonchev–Trinajstić information content (AvgIpc) is 2.35. The molecule has 0 aliphatic carbocycles. The van der Waals surface area contributed by atoms with E-state index in [0.29, 0.717) is 6.07 Å². The van der Waals surface area contributed by atoms with E-state index in [-0.39, 0.29) is 19.2 Å². The molecule has 20 heavy (non-hydrogen) atoms. The van der Waals surface area contributed by atoms with Gasteiger partial charge in [0.1, 0.15) is 10.7 Å². The molecule has 0 fully saturated rings. The molecule has 0 amide bonds. The number of nitro benzene ring substituents is 1. The number of benzene rings is 1. The van der Waals surface area contributed by atoms with Gasteiger partial charge in [0.2, 0.25) is 15.8 Å². The van der Waals surface area contributed by atoms with E-state index >= 15 is 0 Å². The Morgan fingerprint density at radius 3 is 2.50 bits per heavy atom. The van der Waals surface area contributed by atoms with E-state index in [1.54, 1.807) is 0 Å². The van der Waals surface area contributed by atoms with Crippen molar-refractivity contribution in [2.75, 3.05) is 13.2 Å². The molecule has 0 bridgehead atoms. The number of nitrogens with zero attached hydrogens (tertiary/aromatic N) is 1. The third kappa shape index (κ3) is 3.68. The van der Waals surface area contributed by atoms with Gasteiger partial charge in [-0.1, -0.05) is 6.92 Å². The molecule has 1 rings (SSSR count). The quantitative estimate of drug-likeness (QED) is 0.596. The smallest absolute Gasteiger partial charge is 0.306 e. The third-order valence-corrected chi connectivity index (χ3v) is 3.86. The Morgan fingerprint density at radius 1 is 1.40 bits per heavy atom. The van der Waals surface area contributed by atoms with Crippen molar-refractivity contribution >= 4 is 15.7 Å². The first kappa shape index (κ1) is 16.4. The van der Waals surface area contributed by atoms with Gasteiger partial charge in [-0.05, 0) is 5.92 Å². The van der Waals surface area contributed by atoms with Gasteiger partial charge in [-0.25, -0.2) is 17.5 Å². The molecule has 0 aromatic heterocycles. The Balaban J connectivity index is 3.18. The van der Waals surface area contributed by atoms with Crippen LogP contribution in [0, 0.1) is 27.7 Å². The molecule has 0 radical (unpaired) electrons. The molecule has 1 aromatic carbocycles. The van der Waals surface area contributed by atoms with Gasteiger partial charge >= 0.3 is 5.69 Å². The number of nitro groups is 1. The summed E-state index contributed by atoms with van der Waals surface area (Å²) in [5.41, 5.74) is -1.14. The molecular formula is C10H12F2N2O5S. The molecule has 1 atom stereocenters. The van der Waals surface area contributed by atoms with Gasteiger partial charge in [0.25, 0.3) is 0 Å². The fraction of sp³-hybridized carbons (Fsp3) is 0.400. The number of aliphatic hydroxyl groups excluding tert-OH is 1. The van der Waals surface area contributed by atoms with Crippen LogP contribution >= 0.6 is 0 Å². The van der Waals surface area contributed by atoms with Crippen molar-refractivity contribution in [2.24, 2.45) is 5.92 Å². The van der Waals surface area contributed by atoms with Crippen molar-refractivity contribution in [3.8, 4) is 0 Å². The Bertz CT molecular complexity index is 620. The van der Waals surface area contributed by atoms with Crippen molar-refractivity contribution in [3.63, 3.8) is 0 Å². The fourth-order valence-corrected chi connectivity index (χ4v) is 2.50. The van der Waals surface area contributed by atoms with Gasteiger partial charge in [-0.2, -0.15) is 4.39 Å². The summed E-state index contributed by atoms with van der Waals surface area (Å²) in [6, 6.07) is 0.457. The van der Waals surface area contributed by atoms with Crippen LogP contribution in [0.5, 0.6) is 0 Å². The van der Waals surface area contributed by atoms with Crippen LogP contribution in [0.25, 0.3) is 0 Å². The monoisotopic (exact) mass is 310 g/mol. The summed E-state index contributed by atoms with van der Waals surface area (Å²) in [6.07, 6.45) is 0. The first-order valence-corrected chi connectivity index (χ1v) is 6.91. The maximum absolute atomic E-state index is 13.5. The van der Waals surface area contributed by atoms with Crippen molar-refractivity contribution in [1.82, 2.24) is 4.72 Å². The number of aliphatic hydroxyl groups is 1. The lowest BCUT2D eigenvalue weighted by Gasteiger charge is -2.11. The molecule has 7 nitrogen and oxygen atoms in total. The van der Waals surface area contributed by atoms with Gasteiger partial charge in [0.15, 0.2) is 0 Å². The maximum Gasteiger partial charge on any atom is 0.306 e. The predicted molar refractivity (Wildman–Crippen MR) is 64.5 cm³/mol. The van der Waals surface area contributed by atoms with E-state index in [2.05, 4.69) is 0 Å². The SMILES string of the molecule is CC(CO)CNS(=O)(=O)c1cc([N+](=O)[O-])c(F)cc1F. The Hall–Kier alpha value is -1.65. The first-order valence-electron chi connectivity index (χ1n) is 5.43. The molecule has 1 unspecified atom stereocenters. The Labute approximate surface area is 113 Å². The highest BCUT2D eigenvalue weighted by molar-refractivity contribution is 7.89. The largest absolute Gasteiger partial charge is 0.396 e. The first-order chi connectivity index (χ1) is 9.19. The molecule has 2 N–H and O–H groups in total. The highest BCUT2D eigenvalue weighted by atomic mass is 32.2. The van der Waals surface area contributed by atoms with Crippen molar-refractivity contribution in [1.29, 1.82) is 0 Å². The number of rotatable bonds is 6. The summed E-state index contributed by atoms with van der Waals surface area (Å²) < 4.78 is 52.1. The van der Waals surface area contributed by atoms with E-state index in [4.69, 9.17) is 5.11 Å². The van der Waals surface area contributed by atoms with E-state index in [1.807, 2.05) is 4.72 Å². The van der Waals surface area contributed by atoms with E-state index in [0.717, 1.165) is 0 Å². The number of hydrogen-bond acceptors (Lipinski definition) is 5. The van der Waals surface area contributed by atoms with Gasteiger partial charge in [-0.15, -0.1) is 0 Å². The normalized spacial score (nSPS) is 13.2. The third-order valence-electron chi connectivity index (χ3n) is 2.42. The predicted octanol–water partition coefficient (Wildman–Crippen LogP) is 0.780. The lowest BCUT2D eigenvalue weighted by Crippen LogP contribution is -2.30. The van der Waals surface area contributed by atoms with E-state index in [9.17, 15) is 27.3 Å². The minimum atomic E-state index is -4.38. The topological polar surface area (TPSA) is 110 Å². The summed E-state index contributed by atoms with van der Waals surface area (Å²) in [5.74, 6) is -3.32. The second kappa shape index (κ2) is 6.20. The average molecular weight is 310 g/mol. The maximum atomic E-state index is 13.5. The molecule has 0 heterocycles. The van der Waals surface area contributed by atoms with Gasteiger partial charge in [0, 0.05) is 25.3 Å². The molecule has 10 heteroatoms. The zero-order valence-corrected chi connectivity index (χ0v) is 11.2. The highest BCUT2D eigenvalue weighted by Crippen LogP contribution is 2.24. The van der Waals surface area contributed by atoms with Crippen LogP contribution in [-0.2, 0) is 10.0 Å². The number of sulfonamides is 1. The van der Waals surface area contributed by atoms with Crippen LogP contribution in [-0.4, -0.2) is 31.6 Å². The van der Waals surface area contributed by atoms with Gasteiger partial charge in [-0.3, -0.25) is 10.1 Å². The molecule has 0 aliphatic heterocycles. The Kier molecular flexibility index (Phi) is 5.09. The standard InChI is InChI=1S/C10H12F2N2O5S/c1-6(5-15)4-13-20(18,19)10-3-9(14(16)17)7(11)2-8(10)12/h2-3,6,13,15H,4-5H2,1H3. The van der Waals surface area contributed by atoms with Crippen molar-refractivity contribution < 1.29 is 27.2 Å². The lowest BCUT2D eigenvalue weighted by molar-refractivity contribution is -0.387. The van der Waals surface area contributed by atoms with Crippen LogP contribution in [0.1, 0.15) is 6.92 Å². The van der Waals surface area contributed by atoms with Crippen LogP contribution in [0.4, 0.5) is 14.5 Å². The van der Waals surface area contributed by atoms with Gasteiger partial charge in [0.05, 0.1) is 4.92 Å². The lowest BCUT2D eigenvalue weighted by atomic mass is 10.2. The molecule has 0 saturated heterocycles. The van der Waals surface area contributed by atoms with E-state index < -0.39 is 43.1 Å². The van der Waals surface area contributed by atoms with Crippen LogP contribution in [0.2, 0.25) is 0 Å². The Morgan fingerprint density at radius 2 is 2.00 bits per heavy atom. The van der Waals surface area contributed by atoms with Gasteiger partial charge < -0.3 is 5.11 Å². The number of nitrogens with one attached hydrogen (secondary N) is 1. The molecule has 0 saturated carbocycles. The number of halogens is 2. The number of hydrogen-bond donors (Lipinski definition) is 2. The molecule has 112 valence electrons. The van der Waals surface area contributed by atoms with Crippen molar-refractivity contribution in [2.45, 2.75) is 11.8 Å². The zero-order valence-electron chi connectivity index (χ0n) is 10.3. The zero-order chi connectivity index (χ0) is 15.5. The summed E-state index contributed by atoms with van der Waals surface area (Å²) in [4.78, 5) is 8.35. The minimum Gasteiger partial charge on any atom is -0.396 e. The molecule has 0 aliphatic rings. The summed E-state index contributed by atoms with van der Waals surface area (Å²) in [5, 5.41) is 19.3. The minimum absolute atomic E-state index is 0.141. The summed E-state index contributed by atoms with van der Waals surface area (Å²) in [7, 11) is -4.38. The highest BCUT2D eigenvalue weighted by Gasteiger charge is 2.26. The van der Waals surface area contributed by atoms with E-state index in [1.165, 1.54) is 6.92 Å². The molecule has 0 spiro atoms. The van der Waals surface area contributed by atoms with Crippen molar-refractivity contribution in [3.05, 3.63) is 33.9 Å². The molecular weight excluding hydrogens is 298 g/mol. The van der Waals surface area contributed by atoms with Crippen LogP contribution in [0.3, 0.4) is 0 Å². The molecule has 1 aromatic rings. The second-order valence-electron chi connectivity index (χ2n) is 4.13.